The summed E-state index contributed by atoms with van der Waals surface area (Å²) < 4.78 is 47.3. The minimum Gasteiger partial charge on any atom is -0.365 e. The Morgan fingerprint density at radius 1 is 1.26 bits per heavy atom. The van der Waals surface area contributed by atoms with E-state index in [2.05, 4.69) is 5.32 Å². The van der Waals surface area contributed by atoms with Crippen LogP contribution in [0.2, 0.25) is 5.02 Å². The molecule has 0 aliphatic carbocycles. The minimum absolute atomic E-state index is 0.00505. The van der Waals surface area contributed by atoms with Crippen molar-refractivity contribution in [1.29, 1.82) is 5.26 Å². The zero-order chi connectivity index (χ0) is 25.2. The van der Waals surface area contributed by atoms with Crippen molar-refractivity contribution >= 4 is 33.7 Å². The van der Waals surface area contributed by atoms with E-state index in [1.807, 2.05) is 6.07 Å². The molecule has 14 heteroatoms. The number of halogens is 2. The monoisotopic (exact) mass is 529 g/mol. The van der Waals surface area contributed by atoms with Gasteiger partial charge in [-0.05, 0) is 25.0 Å². The molecule has 3 saturated heterocycles. The Bertz CT molecular complexity index is 1130. The summed E-state index contributed by atoms with van der Waals surface area (Å²) in [7, 11) is -3.82. The van der Waals surface area contributed by atoms with Crippen LogP contribution >= 0.6 is 11.6 Å². The van der Waals surface area contributed by atoms with Crippen LogP contribution < -0.4 is 5.32 Å². The summed E-state index contributed by atoms with van der Waals surface area (Å²) in [5.41, 5.74) is 0.268. The standard InChI is InChI=1S/C21H25ClFN5O6S/c22-16-4-3-15(17(23)8-16)10-25-20(29)18-2-1-5-28(18)34-21(30)19-13-26(6-7-33-19)35(31,32)27-11-14(9-24)12-27/h3-4,8,14,18-19H,1-2,5-7,10-13H2,(H,25,29)/t18-,19-/m0/s1. The van der Waals surface area contributed by atoms with Gasteiger partial charge in [-0.3, -0.25) is 4.79 Å². The van der Waals surface area contributed by atoms with E-state index in [1.54, 1.807) is 0 Å². The van der Waals surface area contributed by atoms with Crippen molar-refractivity contribution in [2.24, 2.45) is 5.92 Å². The summed E-state index contributed by atoms with van der Waals surface area (Å²) >= 11 is 5.74. The molecular weight excluding hydrogens is 505 g/mol. The molecule has 1 amide bonds. The third-order valence-electron chi connectivity index (χ3n) is 6.16. The van der Waals surface area contributed by atoms with E-state index in [4.69, 9.17) is 26.4 Å². The van der Waals surface area contributed by atoms with Crippen molar-refractivity contribution in [3.05, 3.63) is 34.6 Å². The summed E-state index contributed by atoms with van der Waals surface area (Å²) in [5, 5.41) is 13.0. The lowest BCUT2D eigenvalue weighted by atomic mass is 10.1. The average Bonchev–Trinajstić information content (AvgIpc) is 3.25. The van der Waals surface area contributed by atoms with Gasteiger partial charge in [0.1, 0.15) is 11.9 Å². The van der Waals surface area contributed by atoms with Gasteiger partial charge in [0.25, 0.3) is 10.2 Å². The molecule has 190 valence electrons. The Hall–Kier alpha value is -2.34. The lowest BCUT2D eigenvalue weighted by Crippen LogP contribution is -2.59. The second-order valence-corrected chi connectivity index (χ2v) is 10.9. The number of hydrogen-bond donors (Lipinski definition) is 1. The second kappa shape index (κ2) is 10.7. The van der Waals surface area contributed by atoms with E-state index in [0.29, 0.717) is 19.4 Å². The molecular formula is C21H25ClFN5O6S. The molecule has 1 N–H and O–H groups in total. The third-order valence-corrected chi connectivity index (χ3v) is 8.33. The lowest BCUT2D eigenvalue weighted by Gasteiger charge is -2.40. The molecule has 0 unspecified atom stereocenters. The normalized spacial score (nSPS) is 24.5. The number of hydroxylamine groups is 2. The SMILES string of the molecule is N#CC1CN(S(=O)(=O)N2CCO[C@H](C(=O)ON3CCC[C@H]3C(=O)NCc3ccc(Cl)cc3F)C2)C1. The topological polar surface area (TPSA) is 132 Å². The number of morpholine rings is 1. The van der Waals surface area contributed by atoms with Gasteiger partial charge in [0.15, 0.2) is 6.10 Å². The molecule has 3 aliphatic heterocycles. The summed E-state index contributed by atoms with van der Waals surface area (Å²) in [4.78, 5) is 30.8. The lowest BCUT2D eigenvalue weighted by molar-refractivity contribution is -0.209. The minimum atomic E-state index is -3.82. The highest BCUT2D eigenvalue weighted by atomic mass is 35.5. The Balaban J connectivity index is 1.31. The molecule has 4 rings (SSSR count). The number of nitrogens with one attached hydrogen (secondary N) is 1. The van der Waals surface area contributed by atoms with Crippen molar-refractivity contribution in [3.8, 4) is 6.07 Å². The van der Waals surface area contributed by atoms with E-state index in [9.17, 15) is 22.4 Å². The van der Waals surface area contributed by atoms with Crippen LogP contribution in [-0.2, 0) is 35.9 Å². The van der Waals surface area contributed by atoms with Gasteiger partial charge in [-0.2, -0.15) is 22.3 Å². The van der Waals surface area contributed by atoms with E-state index < -0.39 is 40.0 Å². The molecule has 35 heavy (non-hydrogen) atoms. The van der Waals surface area contributed by atoms with Gasteiger partial charge >= 0.3 is 5.97 Å². The molecule has 0 radical (unpaired) electrons. The molecule has 3 aliphatic rings. The first kappa shape index (κ1) is 25.7. The van der Waals surface area contributed by atoms with Crippen molar-refractivity contribution < 1.29 is 32.0 Å². The smallest absolute Gasteiger partial charge is 0.355 e. The quantitative estimate of drug-likeness (QED) is 0.537. The molecule has 0 spiro atoms. The first-order chi connectivity index (χ1) is 16.7. The number of rotatable bonds is 7. The van der Waals surface area contributed by atoms with Crippen LogP contribution in [0.1, 0.15) is 18.4 Å². The zero-order valence-electron chi connectivity index (χ0n) is 18.7. The number of carbonyl (C=O) groups is 2. The van der Waals surface area contributed by atoms with E-state index in [1.165, 1.54) is 21.5 Å². The molecule has 1 aromatic carbocycles. The van der Waals surface area contributed by atoms with Crippen molar-refractivity contribution in [1.82, 2.24) is 19.0 Å². The van der Waals surface area contributed by atoms with Crippen molar-refractivity contribution in [2.45, 2.75) is 31.5 Å². The number of hydrogen-bond acceptors (Lipinski definition) is 8. The third kappa shape index (κ3) is 5.74. The van der Waals surface area contributed by atoms with Crippen molar-refractivity contribution in [2.75, 3.05) is 39.3 Å². The largest absolute Gasteiger partial charge is 0.365 e. The maximum absolute atomic E-state index is 14.0. The van der Waals surface area contributed by atoms with Crippen LogP contribution in [0.5, 0.6) is 0 Å². The van der Waals surface area contributed by atoms with Crippen LogP contribution in [0.15, 0.2) is 18.2 Å². The second-order valence-electron chi connectivity index (χ2n) is 8.53. The fourth-order valence-corrected chi connectivity index (χ4v) is 5.95. The fourth-order valence-electron chi connectivity index (χ4n) is 4.10. The summed E-state index contributed by atoms with van der Waals surface area (Å²) in [5.74, 6) is -2.10. The average molecular weight is 530 g/mol. The van der Waals surface area contributed by atoms with Crippen LogP contribution in [0.3, 0.4) is 0 Å². The Kier molecular flexibility index (Phi) is 7.89. The zero-order valence-corrected chi connectivity index (χ0v) is 20.3. The molecule has 11 nitrogen and oxygen atoms in total. The fraction of sp³-hybridized carbons (Fsp3) is 0.571. The van der Waals surface area contributed by atoms with Gasteiger partial charge in [0.2, 0.25) is 5.91 Å². The number of amides is 1. The predicted molar refractivity (Wildman–Crippen MR) is 120 cm³/mol. The van der Waals surface area contributed by atoms with Gasteiger partial charge in [0, 0.05) is 43.3 Å². The van der Waals surface area contributed by atoms with Gasteiger partial charge in [-0.25, -0.2) is 9.18 Å². The van der Waals surface area contributed by atoms with E-state index in [-0.39, 0.29) is 55.8 Å². The molecule has 1 aromatic rings. The predicted octanol–water partition coefficient (Wildman–Crippen LogP) is 0.419. The van der Waals surface area contributed by atoms with Crippen LogP contribution in [0.25, 0.3) is 0 Å². The summed E-state index contributed by atoms with van der Waals surface area (Å²) in [6.07, 6.45) is -0.121. The number of nitriles is 1. The summed E-state index contributed by atoms with van der Waals surface area (Å²) in [6, 6.07) is 5.42. The molecule has 0 bridgehead atoms. The van der Waals surface area contributed by atoms with Gasteiger partial charge in [-0.15, -0.1) is 5.06 Å². The summed E-state index contributed by atoms with van der Waals surface area (Å²) in [6.45, 7) is 0.362. The number of ether oxygens (including phenoxy) is 1. The Morgan fingerprint density at radius 2 is 2.03 bits per heavy atom. The van der Waals surface area contributed by atoms with Crippen molar-refractivity contribution in [3.63, 3.8) is 0 Å². The Morgan fingerprint density at radius 3 is 2.74 bits per heavy atom. The van der Waals surface area contributed by atoms with Gasteiger partial charge < -0.3 is 14.9 Å². The van der Waals surface area contributed by atoms with Gasteiger partial charge in [-0.1, -0.05) is 17.7 Å². The highest BCUT2D eigenvalue weighted by Crippen LogP contribution is 2.24. The number of nitrogens with zero attached hydrogens (tertiary/aromatic N) is 4. The molecule has 3 fully saturated rings. The maximum atomic E-state index is 14.0. The van der Waals surface area contributed by atoms with E-state index in [0.717, 1.165) is 10.4 Å². The number of carbonyl (C=O) groups excluding carboxylic acids is 2. The first-order valence-corrected chi connectivity index (χ1v) is 12.9. The molecule has 3 heterocycles. The first-order valence-electron chi connectivity index (χ1n) is 11.2. The van der Waals surface area contributed by atoms with E-state index >= 15 is 0 Å². The maximum Gasteiger partial charge on any atom is 0.355 e. The molecule has 2 atom stereocenters. The molecule has 0 aromatic heterocycles. The highest BCUT2D eigenvalue weighted by molar-refractivity contribution is 7.86. The van der Waals surface area contributed by atoms with Crippen LogP contribution in [0, 0.1) is 23.1 Å². The van der Waals surface area contributed by atoms with Crippen LogP contribution in [-0.4, -0.2) is 85.4 Å². The van der Waals surface area contributed by atoms with Crippen LogP contribution in [0.4, 0.5) is 4.39 Å². The highest BCUT2D eigenvalue weighted by Gasteiger charge is 2.43. The number of benzene rings is 1. The Labute approximate surface area is 207 Å². The molecule has 0 saturated carbocycles. The van der Waals surface area contributed by atoms with Gasteiger partial charge in [0.05, 0.1) is 25.1 Å².